The van der Waals surface area contributed by atoms with Gasteiger partial charge < -0.3 is 20.3 Å². The Hall–Kier alpha value is -1.40. The number of allylic oxidation sites excluding steroid dienone is 2. The Morgan fingerprint density at radius 3 is 0.755 bits per heavy atom. The van der Waals surface area contributed by atoms with Crippen molar-refractivity contribution >= 4 is 11.9 Å². The molecule has 2 atom stereocenters. The predicted molar refractivity (Wildman–Crippen MR) is 417 cm³/mol. The molecule has 0 aliphatic carbocycles. The summed E-state index contributed by atoms with van der Waals surface area (Å²) in [7, 11) is 0. The summed E-state index contributed by atoms with van der Waals surface area (Å²) in [6.07, 6.45) is 108. The molecule has 6 nitrogen and oxygen atoms in total. The number of esters is 1. The molecule has 0 bridgehead atoms. The van der Waals surface area contributed by atoms with E-state index in [1.807, 2.05) is 0 Å². The monoisotopic (exact) mass is 1320 g/mol. The minimum Gasteiger partial charge on any atom is -0.466 e. The van der Waals surface area contributed by atoms with Crippen molar-refractivity contribution in [3.05, 3.63) is 12.2 Å². The summed E-state index contributed by atoms with van der Waals surface area (Å²) >= 11 is 0. The van der Waals surface area contributed by atoms with Crippen molar-refractivity contribution in [2.45, 2.75) is 527 Å². The molecular weight excluding hydrogens is 1150 g/mol. The van der Waals surface area contributed by atoms with Crippen LogP contribution in [0.25, 0.3) is 0 Å². The Morgan fingerprint density at radius 1 is 0.287 bits per heavy atom. The van der Waals surface area contributed by atoms with Gasteiger partial charge in [-0.05, 0) is 51.4 Å². The molecule has 1 amide bonds. The van der Waals surface area contributed by atoms with Crippen molar-refractivity contribution in [2.24, 2.45) is 0 Å². The number of hydrogen-bond donors (Lipinski definition) is 3. The van der Waals surface area contributed by atoms with E-state index in [4.69, 9.17) is 4.74 Å². The molecule has 0 aliphatic heterocycles. The molecule has 94 heavy (non-hydrogen) atoms. The number of hydrogen-bond acceptors (Lipinski definition) is 5. The third-order valence-corrected chi connectivity index (χ3v) is 21.1. The number of carbonyl (C=O) groups excluding carboxylic acids is 2. The molecule has 0 aromatic rings. The Labute approximate surface area is 590 Å². The van der Waals surface area contributed by atoms with Gasteiger partial charge in [0.25, 0.3) is 0 Å². The van der Waals surface area contributed by atoms with Crippen LogP contribution >= 0.6 is 0 Å². The van der Waals surface area contributed by atoms with Gasteiger partial charge in [-0.15, -0.1) is 0 Å². The Kier molecular flexibility index (Phi) is 82.8. The molecule has 0 heterocycles. The largest absolute Gasteiger partial charge is 0.466 e. The van der Waals surface area contributed by atoms with Gasteiger partial charge in [0.05, 0.1) is 25.4 Å². The van der Waals surface area contributed by atoms with Crippen LogP contribution in [0.1, 0.15) is 515 Å². The van der Waals surface area contributed by atoms with Crippen LogP contribution in [-0.2, 0) is 14.3 Å². The first-order chi connectivity index (χ1) is 46.5. The van der Waals surface area contributed by atoms with Gasteiger partial charge >= 0.3 is 5.97 Å². The van der Waals surface area contributed by atoms with Crippen LogP contribution in [0.2, 0.25) is 0 Å². The quantitative estimate of drug-likeness (QED) is 0.0320. The number of unbranched alkanes of at least 4 members (excludes halogenated alkanes) is 71. The maximum Gasteiger partial charge on any atom is 0.305 e. The first-order valence-electron chi connectivity index (χ1n) is 43.9. The molecule has 0 rings (SSSR count). The van der Waals surface area contributed by atoms with Crippen LogP contribution in [0, 0.1) is 0 Å². The Bertz CT molecular complexity index is 1430. The van der Waals surface area contributed by atoms with Crippen LogP contribution in [0.4, 0.5) is 0 Å². The zero-order valence-electron chi connectivity index (χ0n) is 64.5. The fourth-order valence-corrected chi connectivity index (χ4v) is 14.4. The second-order valence-corrected chi connectivity index (χ2v) is 30.6. The van der Waals surface area contributed by atoms with Gasteiger partial charge in [-0.2, -0.15) is 0 Å². The van der Waals surface area contributed by atoms with Crippen molar-refractivity contribution < 1.29 is 24.5 Å². The molecule has 560 valence electrons. The molecule has 0 fully saturated rings. The maximum absolute atomic E-state index is 12.6. The van der Waals surface area contributed by atoms with Crippen molar-refractivity contribution in [1.82, 2.24) is 5.32 Å². The fraction of sp³-hybridized carbons (Fsp3) is 0.955. The van der Waals surface area contributed by atoms with Gasteiger partial charge in [0.15, 0.2) is 0 Å². The van der Waals surface area contributed by atoms with E-state index in [1.54, 1.807) is 0 Å². The minimum atomic E-state index is -0.661. The van der Waals surface area contributed by atoms with Crippen molar-refractivity contribution in [1.29, 1.82) is 0 Å². The molecule has 0 saturated heterocycles. The zero-order chi connectivity index (χ0) is 67.7. The highest BCUT2D eigenvalue weighted by Gasteiger charge is 2.20. The first kappa shape index (κ1) is 92.6. The summed E-state index contributed by atoms with van der Waals surface area (Å²) in [5.41, 5.74) is 0. The molecule has 0 saturated carbocycles. The lowest BCUT2D eigenvalue weighted by Gasteiger charge is -2.22. The van der Waals surface area contributed by atoms with E-state index in [-0.39, 0.29) is 18.5 Å². The second kappa shape index (κ2) is 84.0. The Balaban J connectivity index is 3.30. The van der Waals surface area contributed by atoms with Crippen LogP contribution in [0.3, 0.4) is 0 Å². The number of ether oxygens (including phenoxy) is 1. The summed E-state index contributed by atoms with van der Waals surface area (Å²) in [6.45, 7) is 5.02. The molecule has 0 radical (unpaired) electrons. The SMILES string of the molecule is CCCCCCCCC/C=C\CCCCCCCCCC(=O)OCCCCCCCCCCCCCCCCCCCCCCCCCCCCCCCCCCCCCCCC(=O)NC(CO)C(O)CCCCCCCCCCCCCCCCCCCCCCCC. The van der Waals surface area contributed by atoms with Gasteiger partial charge in [0.1, 0.15) is 0 Å². The molecule has 0 aromatic heterocycles. The number of aliphatic hydroxyl groups is 2. The lowest BCUT2D eigenvalue weighted by molar-refractivity contribution is -0.143. The smallest absolute Gasteiger partial charge is 0.305 e. The van der Waals surface area contributed by atoms with Crippen molar-refractivity contribution in [3.8, 4) is 0 Å². The average molecular weight is 1330 g/mol. The third kappa shape index (κ3) is 79.6. The fourth-order valence-electron chi connectivity index (χ4n) is 14.4. The van der Waals surface area contributed by atoms with E-state index in [9.17, 15) is 19.8 Å². The van der Waals surface area contributed by atoms with Gasteiger partial charge in [0, 0.05) is 12.8 Å². The molecular formula is C88H173NO5. The van der Waals surface area contributed by atoms with E-state index < -0.39 is 12.1 Å². The topological polar surface area (TPSA) is 95.9 Å². The van der Waals surface area contributed by atoms with Gasteiger partial charge in [-0.3, -0.25) is 9.59 Å². The number of rotatable bonds is 84. The minimum absolute atomic E-state index is 0.0220. The zero-order valence-corrected chi connectivity index (χ0v) is 64.5. The number of carbonyl (C=O) groups is 2. The van der Waals surface area contributed by atoms with E-state index in [0.29, 0.717) is 25.9 Å². The van der Waals surface area contributed by atoms with E-state index in [1.165, 1.54) is 443 Å². The predicted octanol–water partition coefficient (Wildman–Crippen LogP) is 29.4. The summed E-state index contributed by atoms with van der Waals surface area (Å²) < 4.78 is 5.52. The number of nitrogens with one attached hydrogen (secondary N) is 1. The highest BCUT2D eigenvalue weighted by atomic mass is 16.5. The molecule has 2 unspecified atom stereocenters. The molecule has 0 spiro atoms. The van der Waals surface area contributed by atoms with Gasteiger partial charge in [-0.25, -0.2) is 0 Å². The van der Waals surface area contributed by atoms with Crippen LogP contribution in [0.15, 0.2) is 12.2 Å². The summed E-state index contributed by atoms with van der Waals surface area (Å²) in [4.78, 5) is 24.7. The highest BCUT2D eigenvalue weighted by Crippen LogP contribution is 2.21. The van der Waals surface area contributed by atoms with E-state index in [0.717, 1.165) is 38.5 Å². The summed E-state index contributed by atoms with van der Waals surface area (Å²) in [5.74, 6) is -0.000862. The normalized spacial score (nSPS) is 12.4. The standard InChI is InChI=1S/C88H173NO5/c1-3-5-7-9-11-13-15-17-19-21-23-24-42-45-48-52-56-60-64-68-72-76-80-86(91)85(84-90)89-87(92)81-77-73-69-65-61-57-53-49-46-43-40-38-36-34-32-30-28-26-25-27-29-31-33-35-37-39-41-44-47-51-55-59-63-67-71-75-79-83-94-88(93)82-78-74-70-66-62-58-54-50-22-20-18-16-14-12-10-8-6-4-2/h20,22,85-86,90-91H,3-19,21,23-84H2,1-2H3,(H,89,92)/b22-20-. The lowest BCUT2D eigenvalue weighted by Crippen LogP contribution is -2.45. The van der Waals surface area contributed by atoms with Crippen molar-refractivity contribution in [2.75, 3.05) is 13.2 Å². The molecule has 3 N–H and O–H groups in total. The number of aliphatic hydroxyl groups excluding tert-OH is 2. The van der Waals surface area contributed by atoms with Crippen molar-refractivity contribution in [3.63, 3.8) is 0 Å². The Morgan fingerprint density at radius 2 is 0.500 bits per heavy atom. The second-order valence-electron chi connectivity index (χ2n) is 30.6. The number of amides is 1. The summed E-state index contributed by atoms with van der Waals surface area (Å²) in [6, 6.07) is -0.538. The third-order valence-electron chi connectivity index (χ3n) is 21.1. The lowest BCUT2D eigenvalue weighted by atomic mass is 10.0. The molecule has 0 aromatic carbocycles. The molecule has 0 aliphatic rings. The van der Waals surface area contributed by atoms with E-state index in [2.05, 4.69) is 31.3 Å². The maximum atomic E-state index is 12.6. The van der Waals surface area contributed by atoms with Crippen LogP contribution in [-0.4, -0.2) is 47.4 Å². The first-order valence-corrected chi connectivity index (χ1v) is 43.9. The van der Waals surface area contributed by atoms with Gasteiger partial charge in [0.2, 0.25) is 5.91 Å². The summed E-state index contributed by atoms with van der Waals surface area (Å²) in [5, 5.41) is 23.5. The molecule has 6 heteroatoms. The van der Waals surface area contributed by atoms with Crippen LogP contribution in [0.5, 0.6) is 0 Å². The average Bonchev–Trinajstić information content (AvgIpc) is 3.65. The van der Waals surface area contributed by atoms with Crippen LogP contribution < -0.4 is 5.32 Å². The van der Waals surface area contributed by atoms with Gasteiger partial charge in [-0.1, -0.05) is 463 Å². The van der Waals surface area contributed by atoms with E-state index >= 15 is 0 Å². The highest BCUT2D eigenvalue weighted by molar-refractivity contribution is 5.76.